The van der Waals surface area contributed by atoms with Crippen molar-refractivity contribution in [1.82, 2.24) is 10.3 Å². The van der Waals surface area contributed by atoms with Crippen LogP contribution in [0.25, 0.3) is 0 Å². The summed E-state index contributed by atoms with van der Waals surface area (Å²) in [6.45, 7) is 0.745. The number of carbonyl (C=O) groups excluding carboxylic acids is 1. The lowest BCUT2D eigenvalue weighted by Crippen LogP contribution is -2.41. The van der Waals surface area contributed by atoms with Gasteiger partial charge in [0.25, 0.3) is 0 Å². The zero-order valence-electron chi connectivity index (χ0n) is 12.4. The lowest BCUT2D eigenvalue weighted by atomic mass is 9.86. The monoisotopic (exact) mass is 306 g/mol. The highest BCUT2D eigenvalue weighted by Crippen LogP contribution is 2.39. The van der Waals surface area contributed by atoms with Crippen LogP contribution >= 0.6 is 0 Å². The van der Waals surface area contributed by atoms with E-state index in [1.54, 1.807) is 18.5 Å². The number of hydrogen-bond donors (Lipinski definition) is 3. The highest BCUT2D eigenvalue weighted by molar-refractivity contribution is 5.80. The Morgan fingerprint density at radius 3 is 2.68 bits per heavy atom. The smallest absolute Gasteiger partial charge is 0.223 e. The normalized spacial score (nSPS) is 31.0. The minimum atomic E-state index is -0.768. The molecule has 120 valence electrons. The van der Waals surface area contributed by atoms with Crippen molar-refractivity contribution in [3.05, 3.63) is 24.5 Å². The number of nitrogens with zero attached hydrogens (tertiary/aromatic N) is 1. The lowest BCUT2D eigenvalue weighted by Gasteiger charge is -2.29. The van der Waals surface area contributed by atoms with Crippen molar-refractivity contribution in [2.75, 3.05) is 13.2 Å². The minimum Gasteiger partial charge on any atom is -0.491 e. The summed E-state index contributed by atoms with van der Waals surface area (Å²) in [5.74, 6) is 0.857. The molecule has 1 aromatic heterocycles. The molecule has 1 heterocycles. The molecule has 0 spiro atoms. The number of hydrogen-bond acceptors (Lipinski definition) is 5. The summed E-state index contributed by atoms with van der Waals surface area (Å²) in [6.07, 6.45) is 4.50. The topological polar surface area (TPSA) is 91.7 Å². The predicted molar refractivity (Wildman–Crippen MR) is 79.1 cm³/mol. The maximum atomic E-state index is 11.9. The predicted octanol–water partition coefficient (Wildman–Crippen LogP) is 0.489. The molecule has 22 heavy (non-hydrogen) atoms. The minimum absolute atomic E-state index is 0.0663. The summed E-state index contributed by atoms with van der Waals surface area (Å²) in [5.41, 5.74) is -0.445. The van der Waals surface area contributed by atoms with Crippen LogP contribution in [0.5, 0.6) is 5.75 Å². The molecule has 3 rings (SSSR count). The van der Waals surface area contributed by atoms with Crippen LogP contribution in [0.15, 0.2) is 24.5 Å². The Morgan fingerprint density at radius 1 is 1.36 bits per heavy atom. The van der Waals surface area contributed by atoms with Crippen molar-refractivity contribution < 1.29 is 19.7 Å². The quantitative estimate of drug-likeness (QED) is 0.711. The third kappa shape index (κ3) is 3.56. The van der Waals surface area contributed by atoms with Crippen molar-refractivity contribution in [1.29, 1.82) is 0 Å². The highest BCUT2D eigenvalue weighted by Gasteiger charge is 2.45. The van der Waals surface area contributed by atoms with Crippen LogP contribution in [0.3, 0.4) is 0 Å². The SMILES string of the molecule is O=C(NCC1(COc2cccnc2)CC(O)C(O)C1)C1CC1. The summed E-state index contributed by atoms with van der Waals surface area (Å²) < 4.78 is 5.76. The van der Waals surface area contributed by atoms with Gasteiger partial charge in [-0.25, -0.2) is 0 Å². The average molecular weight is 306 g/mol. The summed E-state index contributed by atoms with van der Waals surface area (Å²) >= 11 is 0. The van der Waals surface area contributed by atoms with E-state index >= 15 is 0 Å². The third-order valence-electron chi connectivity index (χ3n) is 4.49. The van der Waals surface area contributed by atoms with E-state index in [0.717, 1.165) is 12.8 Å². The van der Waals surface area contributed by atoms with E-state index in [9.17, 15) is 15.0 Å². The van der Waals surface area contributed by atoms with Crippen molar-refractivity contribution in [3.8, 4) is 5.75 Å². The first kappa shape index (κ1) is 15.2. The molecule has 0 saturated heterocycles. The van der Waals surface area contributed by atoms with E-state index in [4.69, 9.17) is 4.74 Å². The van der Waals surface area contributed by atoms with Crippen LogP contribution in [-0.2, 0) is 4.79 Å². The molecule has 2 fully saturated rings. The molecule has 1 aromatic rings. The fraction of sp³-hybridized carbons (Fsp3) is 0.625. The number of carbonyl (C=O) groups is 1. The molecule has 3 N–H and O–H groups in total. The van der Waals surface area contributed by atoms with Gasteiger partial charge in [-0.15, -0.1) is 0 Å². The molecule has 6 nitrogen and oxygen atoms in total. The molecule has 2 saturated carbocycles. The Kier molecular flexibility index (Phi) is 4.31. The third-order valence-corrected chi connectivity index (χ3v) is 4.49. The Morgan fingerprint density at radius 2 is 2.09 bits per heavy atom. The molecule has 2 aliphatic rings. The van der Waals surface area contributed by atoms with Crippen molar-refractivity contribution in [3.63, 3.8) is 0 Å². The lowest BCUT2D eigenvalue weighted by molar-refractivity contribution is -0.123. The highest BCUT2D eigenvalue weighted by atomic mass is 16.5. The van der Waals surface area contributed by atoms with Crippen LogP contribution in [0.2, 0.25) is 0 Å². The molecule has 0 radical (unpaired) electrons. The standard InChI is InChI=1S/C16H22N2O4/c19-13-6-16(7-14(13)20,9-18-15(21)11-3-4-11)10-22-12-2-1-5-17-8-12/h1-2,5,8,11,13-14,19-20H,3-4,6-7,9-10H2,(H,18,21). The second-order valence-electron chi connectivity index (χ2n) is 6.51. The first-order valence-corrected chi connectivity index (χ1v) is 7.75. The second-order valence-corrected chi connectivity index (χ2v) is 6.51. The fourth-order valence-electron chi connectivity index (χ4n) is 2.99. The maximum Gasteiger partial charge on any atom is 0.223 e. The molecular formula is C16H22N2O4. The average Bonchev–Trinajstić information content (AvgIpc) is 3.32. The number of rotatable bonds is 6. The van der Waals surface area contributed by atoms with Crippen LogP contribution in [0.1, 0.15) is 25.7 Å². The van der Waals surface area contributed by atoms with Crippen LogP contribution in [-0.4, -0.2) is 46.5 Å². The number of aromatic nitrogens is 1. The molecule has 0 aromatic carbocycles. The Labute approximate surface area is 129 Å². The van der Waals surface area contributed by atoms with Gasteiger partial charge in [-0.1, -0.05) is 0 Å². The van der Waals surface area contributed by atoms with Crippen molar-refractivity contribution in [2.45, 2.75) is 37.9 Å². The van der Waals surface area contributed by atoms with E-state index < -0.39 is 17.6 Å². The number of amides is 1. The van der Waals surface area contributed by atoms with E-state index in [1.165, 1.54) is 0 Å². The van der Waals surface area contributed by atoms with Gasteiger partial charge in [-0.05, 0) is 37.8 Å². The van der Waals surface area contributed by atoms with Gasteiger partial charge < -0.3 is 20.3 Å². The maximum absolute atomic E-state index is 11.9. The van der Waals surface area contributed by atoms with Crippen LogP contribution in [0, 0.1) is 11.3 Å². The van der Waals surface area contributed by atoms with Crippen LogP contribution < -0.4 is 10.1 Å². The number of nitrogens with one attached hydrogen (secondary N) is 1. The molecule has 1 amide bonds. The second kappa shape index (κ2) is 6.22. The van der Waals surface area contributed by atoms with E-state index in [2.05, 4.69) is 10.3 Å². The number of pyridine rings is 1. The summed E-state index contributed by atoms with van der Waals surface area (Å²) in [5, 5.41) is 22.7. The first-order chi connectivity index (χ1) is 10.6. The van der Waals surface area contributed by atoms with Crippen molar-refractivity contribution >= 4 is 5.91 Å². The Balaban J connectivity index is 1.62. The van der Waals surface area contributed by atoms with Gasteiger partial charge in [-0.3, -0.25) is 9.78 Å². The summed E-state index contributed by atoms with van der Waals surface area (Å²) in [7, 11) is 0. The van der Waals surface area contributed by atoms with Crippen molar-refractivity contribution in [2.24, 2.45) is 11.3 Å². The molecule has 0 aliphatic heterocycles. The van der Waals surface area contributed by atoms with Gasteiger partial charge in [0, 0.05) is 24.1 Å². The Hall–Kier alpha value is -1.66. The molecule has 2 aliphatic carbocycles. The van der Waals surface area contributed by atoms with Gasteiger partial charge in [0.2, 0.25) is 5.91 Å². The zero-order valence-corrected chi connectivity index (χ0v) is 12.4. The van der Waals surface area contributed by atoms with Gasteiger partial charge in [0.1, 0.15) is 5.75 Å². The van der Waals surface area contributed by atoms with Gasteiger partial charge in [0.15, 0.2) is 0 Å². The summed E-state index contributed by atoms with van der Waals surface area (Å²) in [4.78, 5) is 15.8. The fourth-order valence-corrected chi connectivity index (χ4v) is 2.99. The Bertz CT molecular complexity index is 508. The van der Waals surface area contributed by atoms with Gasteiger partial charge in [0.05, 0.1) is 25.0 Å². The largest absolute Gasteiger partial charge is 0.491 e. The number of aliphatic hydroxyl groups is 2. The zero-order chi connectivity index (χ0) is 15.6. The van der Waals surface area contributed by atoms with E-state index in [0.29, 0.717) is 31.7 Å². The first-order valence-electron chi connectivity index (χ1n) is 7.75. The molecular weight excluding hydrogens is 284 g/mol. The van der Waals surface area contributed by atoms with Gasteiger partial charge in [-0.2, -0.15) is 0 Å². The molecule has 2 atom stereocenters. The number of ether oxygens (including phenoxy) is 1. The van der Waals surface area contributed by atoms with Crippen LogP contribution in [0.4, 0.5) is 0 Å². The molecule has 6 heteroatoms. The molecule has 0 bridgehead atoms. The van der Waals surface area contributed by atoms with E-state index in [1.807, 2.05) is 6.07 Å². The summed E-state index contributed by atoms with van der Waals surface area (Å²) in [6, 6.07) is 3.60. The van der Waals surface area contributed by atoms with Gasteiger partial charge >= 0.3 is 0 Å². The molecule has 2 unspecified atom stereocenters. The van der Waals surface area contributed by atoms with E-state index in [-0.39, 0.29) is 11.8 Å². The number of aliphatic hydroxyl groups excluding tert-OH is 2.